The van der Waals surface area contributed by atoms with Gasteiger partial charge in [-0.2, -0.15) is 0 Å². The van der Waals surface area contributed by atoms with Gasteiger partial charge in [0.05, 0.1) is 11.7 Å². The van der Waals surface area contributed by atoms with E-state index in [1.165, 1.54) is 38.5 Å². The molecule has 1 N–H and O–H groups in total. The van der Waals surface area contributed by atoms with Crippen molar-refractivity contribution in [1.29, 1.82) is 0 Å². The van der Waals surface area contributed by atoms with Crippen molar-refractivity contribution in [3.05, 3.63) is 0 Å². The van der Waals surface area contributed by atoms with E-state index in [-0.39, 0.29) is 0 Å². The molecule has 1 aliphatic heterocycles. The third-order valence-corrected chi connectivity index (χ3v) is 5.32. The van der Waals surface area contributed by atoms with Crippen molar-refractivity contribution in [2.24, 2.45) is 17.8 Å². The quantitative estimate of drug-likeness (QED) is 0.785. The van der Waals surface area contributed by atoms with E-state index in [4.69, 9.17) is 4.74 Å². The fraction of sp³-hybridized carbons (Fsp3) is 1.00. The van der Waals surface area contributed by atoms with Gasteiger partial charge in [-0.05, 0) is 50.0 Å². The highest BCUT2D eigenvalue weighted by molar-refractivity contribution is 4.93. The highest BCUT2D eigenvalue weighted by atomic mass is 16.5. The molecule has 2 heteroatoms. The molecule has 1 unspecified atom stereocenters. The summed E-state index contributed by atoms with van der Waals surface area (Å²) in [6.07, 6.45) is 8.41. The first-order chi connectivity index (χ1) is 9.02. The van der Waals surface area contributed by atoms with Crippen LogP contribution in [0, 0.1) is 17.8 Å². The Labute approximate surface area is 119 Å². The molecule has 0 amide bonds. The van der Waals surface area contributed by atoms with Crippen LogP contribution in [0.4, 0.5) is 0 Å². The lowest BCUT2D eigenvalue weighted by atomic mass is 9.85. The largest absolute Gasteiger partial charge is 0.370 e. The van der Waals surface area contributed by atoms with Gasteiger partial charge in [0.2, 0.25) is 0 Å². The van der Waals surface area contributed by atoms with Crippen molar-refractivity contribution in [1.82, 2.24) is 5.32 Å². The summed E-state index contributed by atoms with van der Waals surface area (Å²) in [4.78, 5) is 0. The van der Waals surface area contributed by atoms with E-state index >= 15 is 0 Å². The number of nitrogens with one attached hydrogen (secondary N) is 1. The molecule has 19 heavy (non-hydrogen) atoms. The average Bonchev–Trinajstić information content (AvgIpc) is 2.95. The summed E-state index contributed by atoms with van der Waals surface area (Å²) in [7, 11) is 0. The maximum absolute atomic E-state index is 6.35. The van der Waals surface area contributed by atoms with Gasteiger partial charge in [0.25, 0.3) is 0 Å². The second-order valence-corrected chi connectivity index (χ2v) is 7.48. The van der Waals surface area contributed by atoms with Crippen LogP contribution in [0.5, 0.6) is 0 Å². The van der Waals surface area contributed by atoms with Crippen LogP contribution in [0.3, 0.4) is 0 Å². The van der Waals surface area contributed by atoms with Crippen molar-refractivity contribution in [2.45, 2.75) is 77.9 Å². The van der Waals surface area contributed by atoms with E-state index < -0.39 is 0 Å². The third-order valence-electron chi connectivity index (χ3n) is 5.32. The molecule has 1 saturated carbocycles. The van der Waals surface area contributed by atoms with Crippen LogP contribution in [0.15, 0.2) is 0 Å². The topological polar surface area (TPSA) is 21.3 Å². The first kappa shape index (κ1) is 15.3. The van der Waals surface area contributed by atoms with E-state index in [1.54, 1.807) is 0 Å². The summed E-state index contributed by atoms with van der Waals surface area (Å²) < 4.78 is 6.35. The number of hydrogen-bond acceptors (Lipinski definition) is 2. The summed E-state index contributed by atoms with van der Waals surface area (Å²) in [5.41, 5.74) is 0.293. The van der Waals surface area contributed by atoms with Crippen LogP contribution in [0.25, 0.3) is 0 Å². The van der Waals surface area contributed by atoms with Crippen LogP contribution in [-0.4, -0.2) is 24.8 Å². The van der Waals surface area contributed by atoms with Crippen LogP contribution in [-0.2, 0) is 4.74 Å². The molecule has 1 spiro atoms. The molecule has 1 atom stereocenters. The fourth-order valence-corrected chi connectivity index (χ4v) is 4.08. The molecule has 0 bridgehead atoms. The zero-order chi connectivity index (χ0) is 13.9. The molecule has 2 fully saturated rings. The van der Waals surface area contributed by atoms with Crippen LogP contribution >= 0.6 is 0 Å². The van der Waals surface area contributed by atoms with E-state index in [1.807, 2.05) is 0 Å². The lowest BCUT2D eigenvalue weighted by Gasteiger charge is -2.27. The zero-order valence-electron chi connectivity index (χ0n) is 13.4. The predicted molar refractivity (Wildman–Crippen MR) is 81.3 cm³/mol. The molecule has 0 radical (unpaired) electrons. The molecular formula is C17H33NO. The minimum atomic E-state index is 0.293. The number of hydrogen-bond donors (Lipinski definition) is 1. The number of rotatable bonds is 6. The summed E-state index contributed by atoms with van der Waals surface area (Å²) in [5.74, 6) is 2.30. The van der Waals surface area contributed by atoms with Crippen molar-refractivity contribution in [3.8, 4) is 0 Å². The Balaban J connectivity index is 1.69. The molecule has 112 valence electrons. The lowest BCUT2D eigenvalue weighted by molar-refractivity contribution is -0.0355. The van der Waals surface area contributed by atoms with Gasteiger partial charge in [-0.15, -0.1) is 0 Å². The van der Waals surface area contributed by atoms with Crippen molar-refractivity contribution < 1.29 is 4.74 Å². The number of ether oxygens (including phenoxy) is 1. The van der Waals surface area contributed by atoms with Gasteiger partial charge >= 0.3 is 0 Å². The molecule has 2 rings (SSSR count). The molecule has 1 saturated heterocycles. The normalized spacial score (nSPS) is 26.4. The summed E-state index contributed by atoms with van der Waals surface area (Å²) in [6.45, 7) is 11.6. The van der Waals surface area contributed by atoms with E-state index in [0.29, 0.717) is 11.7 Å². The third kappa shape index (κ3) is 3.95. The van der Waals surface area contributed by atoms with Gasteiger partial charge in [-0.3, -0.25) is 0 Å². The first-order valence-electron chi connectivity index (χ1n) is 8.41. The van der Waals surface area contributed by atoms with Crippen LogP contribution in [0.2, 0.25) is 0 Å². The highest BCUT2D eigenvalue weighted by Gasteiger charge is 2.41. The van der Waals surface area contributed by atoms with E-state index in [2.05, 4.69) is 33.0 Å². The summed E-state index contributed by atoms with van der Waals surface area (Å²) >= 11 is 0. The molecular weight excluding hydrogens is 234 g/mol. The Morgan fingerprint density at radius 1 is 1.05 bits per heavy atom. The van der Waals surface area contributed by atoms with Gasteiger partial charge in [-0.25, -0.2) is 0 Å². The molecule has 1 heterocycles. The summed E-state index contributed by atoms with van der Waals surface area (Å²) in [5, 5.41) is 3.67. The molecule has 1 aliphatic carbocycles. The average molecular weight is 267 g/mol. The van der Waals surface area contributed by atoms with Crippen LogP contribution < -0.4 is 5.32 Å². The van der Waals surface area contributed by atoms with Gasteiger partial charge in [0, 0.05) is 6.54 Å². The first-order valence-corrected chi connectivity index (χ1v) is 8.41. The Morgan fingerprint density at radius 2 is 1.68 bits per heavy atom. The molecule has 2 aliphatic rings. The Hall–Kier alpha value is -0.0800. The van der Waals surface area contributed by atoms with Gasteiger partial charge in [0.1, 0.15) is 0 Å². The van der Waals surface area contributed by atoms with E-state index in [0.717, 1.165) is 30.8 Å². The van der Waals surface area contributed by atoms with Crippen LogP contribution in [0.1, 0.15) is 66.2 Å². The molecule has 0 aromatic carbocycles. The minimum absolute atomic E-state index is 0.293. The monoisotopic (exact) mass is 267 g/mol. The maximum atomic E-state index is 6.35. The van der Waals surface area contributed by atoms with E-state index in [9.17, 15) is 0 Å². The second-order valence-electron chi connectivity index (χ2n) is 7.48. The van der Waals surface area contributed by atoms with Gasteiger partial charge in [-0.1, -0.05) is 40.5 Å². The second kappa shape index (κ2) is 6.58. The predicted octanol–water partition coefficient (Wildman–Crippen LogP) is 4.00. The zero-order valence-corrected chi connectivity index (χ0v) is 13.4. The Morgan fingerprint density at radius 3 is 2.26 bits per heavy atom. The SMILES string of the molecule is CC(C)C(CNCC1CCC2(CCCC2)O1)C(C)C. The molecule has 0 aromatic rings. The van der Waals surface area contributed by atoms with Gasteiger partial charge in [0.15, 0.2) is 0 Å². The van der Waals surface area contributed by atoms with Crippen molar-refractivity contribution >= 4 is 0 Å². The smallest absolute Gasteiger partial charge is 0.0708 e. The molecule has 0 aromatic heterocycles. The van der Waals surface area contributed by atoms with Crippen molar-refractivity contribution in [3.63, 3.8) is 0 Å². The maximum Gasteiger partial charge on any atom is 0.0708 e. The molecule has 2 nitrogen and oxygen atoms in total. The van der Waals surface area contributed by atoms with Gasteiger partial charge < -0.3 is 10.1 Å². The van der Waals surface area contributed by atoms with Crippen molar-refractivity contribution in [2.75, 3.05) is 13.1 Å². The summed E-state index contributed by atoms with van der Waals surface area (Å²) in [6, 6.07) is 0. The Kier molecular flexibility index (Phi) is 5.30. The fourth-order valence-electron chi connectivity index (χ4n) is 4.08. The minimum Gasteiger partial charge on any atom is -0.370 e. The Bertz CT molecular complexity index is 260. The lowest BCUT2D eigenvalue weighted by Crippen LogP contribution is -2.36. The highest BCUT2D eigenvalue weighted by Crippen LogP contribution is 2.43. The standard InChI is InChI=1S/C17H33NO/c1-13(2)16(14(3)4)12-18-11-15-7-10-17(19-15)8-5-6-9-17/h13-16,18H,5-12H2,1-4H3.